The van der Waals surface area contributed by atoms with E-state index >= 15 is 0 Å². The number of nitrogens with two attached hydrogens (primary N) is 1. The van der Waals surface area contributed by atoms with E-state index in [0.29, 0.717) is 12.3 Å². The van der Waals surface area contributed by atoms with Gasteiger partial charge in [-0.2, -0.15) is 0 Å². The Balaban J connectivity index is 1.82. The Bertz CT molecular complexity index is 560. The molecule has 2 aromatic rings. The van der Waals surface area contributed by atoms with Crippen molar-refractivity contribution in [1.82, 2.24) is 0 Å². The highest BCUT2D eigenvalue weighted by molar-refractivity contribution is 7.99. The third-order valence-electron chi connectivity index (χ3n) is 2.57. The number of rotatable bonds is 5. The molecule has 0 unspecified atom stereocenters. The molecule has 0 radical (unpaired) electrons. The summed E-state index contributed by atoms with van der Waals surface area (Å²) in [6.45, 7) is 2.58. The maximum absolute atomic E-state index is 13.1. The van der Waals surface area contributed by atoms with E-state index in [2.05, 4.69) is 0 Å². The van der Waals surface area contributed by atoms with Gasteiger partial charge in [0, 0.05) is 16.3 Å². The van der Waals surface area contributed by atoms with Crippen LogP contribution in [0.1, 0.15) is 5.56 Å². The fraction of sp³-hybridized carbons (Fsp3) is 0.200. The van der Waals surface area contributed by atoms with Crippen LogP contribution in [0.3, 0.4) is 0 Å². The summed E-state index contributed by atoms with van der Waals surface area (Å²) in [7, 11) is 0. The maximum atomic E-state index is 13.1. The highest BCUT2D eigenvalue weighted by Gasteiger charge is 2.02. The smallest absolute Gasteiger partial charge is 0.124 e. The number of halogens is 1. The number of hydrogen-bond donors (Lipinski definition) is 1. The van der Waals surface area contributed by atoms with E-state index in [1.54, 1.807) is 6.07 Å². The van der Waals surface area contributed by atoms with Crippen molar-refractivity contribution in [2.75, 3.05) is 18.1 Å². The van der Waals surface area contributed by atoms with Crippen molar-refractivity contribution in [3.05, 3.63) is 53.8 Å². The molecule has 2 nitrogen and oxygen atoms in total. The quantitative estimate of drug-likeness (QED) is 0.511. The second kappa shape index (κ2) is 6.48. The number of thioether (sulfide) groups is 1. The van der Waals surface area contributed by atoms with Crippen molar-refractivity contribution in [2.45, 2.75) is 11.8 Å². The predicted molar refractivity (Wildman–Crippen MR) is 78.2 cm³/mol. The van der Waals surface area contributed by atoms with Crippen LogP contribution >= 0.6 is 11.8 Å². The van der Waals surface area contributed by atoms with Gasteiger partial charge in [-0.1, -0.05) is 12.1 Å². The summed E-state index contributed by atoms with van der Waals surface area (Å²) >= 11 is 1.49. The lowest BCUT2D eigenvalue weighted by atomic mass is 10.2. The van der Waals surface area contributed by atoms with Crippen LogP contribution in [0, 0.1) is 12.7 Å². The van der Waals surface area contributed by atoms with Crippen molar-refractivity contribution in [3.63, 3.8) is 0 Å². The number of anilines is 1. The van der Waals surface area contributed by atoms with Crippen LogP contribution in [0.4, 0.5) is 10.1 Å². The van der Waals surface area contributed by atoms with Gasteiger partial charge < -0.3 is 10.5 Å². The molecule has 0 fully saturated rings. The number of ether oxygens (including phenoxy) is 1. The average Bonchev–Trinajstić information content (AvgIpc) is 2.39. The zero-order chi connectivity index (χ0) is 13.7. The minimum Gasteiger partial charge on any atom is -0.493 e. The van der Waals surface area contributed by atoms with E-state index < -0.39 is 0 Å². The van der Waals surface area contributed by atoms with Crippen molar-refractivity contribution in [2.24, 2.45) is 0 Å². The molecule has 0 aliphatic rings. The van der Waals surface area contributed by atoms with Gasteiger partial charge in [-0.3, -0.25) is 0 Å². The van der Waals surface area contributed by atoms with Crippen LogP contribution in [0.5, 0.6) is 5.75 Å². The molecule has 100 valence electrons. The molecule has 0 heterocycles. The maximum Gasteiger partial charge on any atom is 0.124 e. The summed E-state index contributed by atoms with van der Waals surface area (Å²) in [6.07, 6.45) is 0. The first-order valence-corrected chi connectivity index (χ1v) is 7.01. The Labute approximate surface area is 116 Å². The second-order valence-corrected chi connectivity index (χ2v) is 5.33. The zero-order valence-corrected chi connectivity index (χ0v) is 11.5. The van der Waals surface area contributed by atoms with Crippen molar-refractivity contribution < 1.29 is 9.13 Å². The Hall–Kier alpha value is -1.68. The van der Waals surface area contributed by atoms with E-state index in [1.165, 1.54) is 29.5 Å². The minimum atomic E-state index is -0.267. The summed E-state index contributed by atoms with van der Waals surface area (Å²) in [6, 6.07) is 12.3. The summed E-state index contributed by atoms with van der Waals surface area (Å²) in [5, 5.41) is 0. The highest BCUT2D eigenvalue weighted by Crippen LogP contribution is 2.25. The Morgan fingerprint density at radius 1 is 1.21 bits per heavy atom. The average molecular weight is 277 g/mol. The Kier molecular flexibility index (Phi) is 4.68. The molecule has 0 saturated carbocycles. The van der Waals surface area contributed by atoms with Crippen molar-refractivity contribution >= 4 is 17.4 Å². The number of nitrogen functional groups attached to an aromatic ring is 1. The van der Waals surface area contributed by atoms with Gasteiger partial charge >= 0.3 is 0 Å². The van der Waals surface area contributed by atoms with E-state index in [9.17, 15) is 4.39 Å². The molecule has 0 amide bonds. The third-order valence-corrected chi connectivity index (χ3v) is 3.61. The number of aryl methyl sites for hydroxylation is 1. The van der Waals surface area contributed by atoms with Crippen LogP contribution in [0.15, 0.2) is 47.4 Å². The topological polar surface area (TPSA) is 35.2 Å². The molecule has 2 rings (SSSR count). The fourth-order valence-corrected chi connectivity index (χ4v) is 2.47. The molecule has 0 saturated heterocycles. The van der Waals surface area contributed by atoms with E-state index in [4.69, 9.17) is 10.5 Å². The molecule has 0 aliphatic heterocycles. The van der Waals surface area contributed by atoms with Crippen LogP contribution in [0.2, 0.25) is 0 Å². The molecule has 2 aromatic carbocycles. The summed E-state index contributed by atoms with van der Waals surface area (Å²) in [5.74, 6) is 1.31. The fourth-order valence-electron chi connectivity index (χ4n) is 1.65. The monoisotopic (exact) mass is 277 g/mol. The molecule has 0 atom stereocenters. The molecular formula is C15H16FNOS. The predicted octanol–water partition coefficient (Wildman–Crippen LogP) is 3.89. The van der Waals surface area contributed by atoms with E-state index in [1.807, 2.05) is 31.2 Å². The second-order valence-electron chi connectivity index (χ2n) is 4.20. The molecule has 19 heavy (non-hydrogen) atoms. The van der Waals surface area contributed by atoms with Gasteiger partial charge in [0.2, 0.25) is 0 Å². The number of benzene rings is 2. The van der Waals surface area contributed by atoms with Crippen LogP contribution in [-0.2, 0) is 0 Å². The van der Waals surface area contributed by atoms with Gasteiger partial charge in [0.05, 0.1) is 6.61 Å². The van der Waals surface area contributed by atoms with E-state index in [-0.39, 0.29) is 5.82 Å². The minimum absolute atomic E-state index is 0.267. The molecular weight excluding hydrogens is 261 g/mol. The standard InChI is InChI=1S/C15H16FNOS/c1-11-3-2-4-13(9-11)18-7-8-19-15-10-12(16)5-6-14(15)17/h2-6,9-10H,7-8,17H2,1H3. The first-order chi connectivity index (χ1) is 9.15. The lowest BCUT2D eigenvalue weighted by Crippen LogP contribution is -2.01. The van der Waals surface area contributed by atoms with Gasteiger partial charge in [-0.15, -0.1) is 11.8 Å². The Morgan fingerprint density at radius 3 is 2.84 bits per heavy atom. The van der Waals surface area contributed by atoms with Gasteiger partial charge in [0.25, 0.3) is 0 Å². The highest BCUT2D eigenvalue weighted by atomic mass is 32.2. The molecule has 2 N–H and O–H groups in total. The molecule has 0 spiro atoms. The van der Waals surface area contributed by atoms with Crippen molar-refractivity contribution in [1.29, 1.82) is 0 Å². The van der Waals surface area contributed by atoms with Gasteiger partial charge in [-0.25, -0.2) is 4.39 Å². The SMILES string of the molecule is Cc1cccc(OCCSc2cc(F)ccc2N)c1. The first-order valence-electron chi connectivity index (χ1n) is 6.02. The normalized spacial score (nSPS) is 10.4. The summed E-state index contributed by atoms with van der Waals surface area (Å²) in [5.41, 5.74) is 7.54. The van der Waals surface area contributed by atoms with Gasteiger partial charge in [0.15, 0.2) is 0 Å². The van der Waals surface area contributed by atoms with Gasteiger partial charge in [-0.05, 0) is 42.8 Å². The third kappa shape index (κ3) is 4.17. The van der Waals surface area contributed by atoms with Gasteiger partial charge in [0.1, 0.15) is 11.6 Å². The molecule has 0 aliphatic carbocycles. The largest absolute Gasteiger partial charge is 0.493 e. The van der Waals surface area contributed by atoms with Crippen molar-refractivity contribution in [3.8, 4) is 5.75 Å². The first kappa shape index (κ1) is 13.7. The lowest BCUT2D eigenvalue weighted by molar-refractivity contribution is 0.344. The molecule has 0 bridgehead atoms. The summed E-state index contributed by atoms with van der Waals surface area (Å²) < 4.78 is 18.7. The molecule has 4 heteroatoms. The Morgan fingerprint density at radius 2 is 2.05 bits per heavy atom. The lowest BCUT2D eigenvalue weighted by Gasteiger charge is -2.08. The van der Waals surface area contributed by atoms with Crippen LogP contribution < -0.4 is 10.5 Å². The zero-order valence-electron chi connectivity index (χ0n) is 10.7. The number of hydrogen-bond acceptors (Lipinski definition) is 3. The van der Waals surface area contributed by atoms with Crippen LogP contribution in [0.25, 0.3) is 0 Å². The molecule has 0 aromatic heterocycles. The van der Waals surface area contributed by atoms with E-state index in [0.717, 1.165) is 16.4 Å². The summed E-state index contributed by atoms with van der Waals surface area (Å²) in [4.78, 5) is 0.757. The van der Waals surface area contributed by atoms with Crippen LogP contribution in [-0.4, -0.2) is 12.4 Å².